The number of fused-ring (bicyclic) bond motifs is 1. The van der Waals surface area contributed by atoms with Crippen LogP contribution in [0.3, 0.4) is 0 Å². The number of carbonyl (C=O) groups is 1. The van der Waals surface area contributed by atoms with Crippen LogP contribution < -0.4 is 5.32 Å². The first kappa shape index (κ1) is 15.0. The highest BCUT2D eigenvalue weighted by Crippen LogP contribution is 2.18. The highest BCUT2D eigenvalue weighted by Gasteiger charge is 2.07. The van der Waals surface area contributed by atoms with Crippen molar-refractivity contribution >= 4 is 23.1 Å². The first-order valence-electron chi connectivity index (χ1n) is 7.40. The summed E-state index contributed by atoms with van der Waals surface area (Å²) in [6, 6.07) is 10.1. The Morgan fingerprint density at radius 1 is 1.30 bits per heavy atom. The van der Waals surface area contributed by atoms with E-state index < -0.39 is 6.09 Å². The van der Waals surface area contributed by atoms with E-state index in [0.29, 0.717) is 5.95 Å². The molecule has 0 unspecified atom stereocenters. The molecular weight excluding hydrogens is 292 g/mol. The van der Waals surface area contributed by atoms with Crippen LogP contribution in [0.2, 0.25) is 0 Å². The van der Waals surface area contributed by atoms with Crippen LogP contribution in [0.5, 0.6) is 0 Å². The molecule has 0 bridgehead atoms. The van der Waals surface area contributed by atoms with E-state index in [1.54, 1.807) is 0 Å². The third-order valence-electron chi connectivity index (χ3n) is 3.72. The standard InChI is InChI=1S/C17H18N4O2/c1-11-4-3-9-18-13(11)7-5-12-6-8-14-15(10-12)20-16(19-14)21-17(22)23-2/h3-4,6,8-10H,5,7H2,1-2H3,(H2,19,20,21,22). The van der Waals surface area contributed by atoms with Gasteiger partial charge >= 0.3 is 6.09 Å². The number of benzene rings is 1. The number of aromatic amines is 1. The van der Waals surface area contributed by atoms with Gasteiger partial charge in [-0.1, -0.05) is 12.1 Å². The van der Waals surface area contributed by atoms with E-state index in [1.165, 1.54) is 18.2 Å². The van der Waals surface area contributed by atoms with Gasteiger partial charge in [0.05, 0.1) is 18.1 Å². The van der Waals surface area contributed by atoms with Gasteiger partial charge in [-0.25, -0.2) is 9.78 Å². The molecule has 118 valence electrons. The molecule has 0 radical (unpaired) electrons. The number of aromatic nitrogens is 3. The predicted octanol–water partition coefficient (Wildman–Crippen LogP) is 3.23. The lowest BCUT2D eigenvalue weighted by Gasteiger charge is -2.04. The van der Waals surface area contributed by atoms with Gasteiger partial charge in [0.15, 0.2) is 0 Å². The first-order chi connectivity index (χ1) is 11.2. The van der Waals surface area contributed by atoms with E-state index in [2.05, 4.69) is 38.0 Å². The molecular formula is C17H18N4O2. The molecule has 0 aliphatic rings. The number of ether oxygens (including phenoxy) is 1. The van der Waals surface area contributed by atoms with Gasteiger partial charge in [0, 0.05) is 11.9 Å². The van der Waals surface area contributed by atoms with Crippen LogP contribution in [0.4, 0.5) is 10.7 Å². The Kier molecular flexibility index (Phi) is 4.23. The number of nitrogens with zero attached hydrogens (tertiary/aromatic N) is 2. The summed E-state index contributed by atoms with van der Waals surface area (Å²) in [5.41, 5.74) is 5.20. The third kappa shape index (κ3) is 3.48. The number of amides is 1. The van der Waals surface area contributed by atoms with Crippen molar-refractivity contribution in [3.8, 4) is 0 Å². The molecule has 0 saturated carbocycles. The molecule has 1 aromatic carbocycles. The van der Waals surface area contributed by atoms with E-state index in [0.717, 1.165) is 29.6 Å². The Morgan fingerprint density at radius 3 is 2.96 bits per heavy atom. The van der Waals surface area contributed by atoms with E-state index in [4.69, 9.17) is 0 Å². The van der Waals surface area contributed by atoms with Gasteiger partial charge in [-0.3, -0.25) is 10.3 Å². The maximum atomic E-state index is 11.2. The van der Waals surface area contributed by atoms with Crippen LogP contribution in [-0.4, -0.2) is 28.2 Å². The van der Waals surface area contributed by atoms with E-state index in [-0.39, 0.29) is 0 Å². The second kappa shape index (κ2) is 6.48. The zero-order chi connectivity index (χ0) is 16.2. The summed E-state index contributed by atoms with van der Waals surface area (Å²) in [5, 5.41) is 2.53. The topological polar surface area (TPSA) is 79.9 Å². The SMILES string of the molecule is COC(=O)Nc1nc2ccc(CCc3ncccc3C)cc2[nH]1. The van der Waals surface area contributed by atoms with Crippen molar-refractivity contribution in [2.24, 2.45) is 0 Å². The van der Waals surface area contributed by atoms with Crippen molar-refractivity contribution in [2.45, 2.75) is 19.8 Å². The molecule has 3 rings (SSSR count). The van der Waals surface area contributed by atoms with Gasteiger partial charge in [0.1, 0.15) is 0 Å². The number of nitrogens with one attached hydrogen (secondary N) is 2. The largest absolute Gasteiger partial charge is 0.453 e. The van der Waals surface area contributed by atoms with Gasteiger partial charge in [0.25, 0.3) is 0 Å². The number of aryl methyl sites for hydroxylation is 3. The van der Waals surface area contributed by atoms with E-state index in [1.807, 2.05) is 30.5 Å². The predicted molar refractivity (Wildman–Crippen MR) is 88.5 cm³/mol. The molecule has 0 aliphatic heterocycles. The van der Waals surface area contributed by atoms with Crippen LogP contribution in [-0.2, 0) is 17.6 Å². The van der Waals surface area contributed by atoms with Gasteiger partial charge in [-0.05, 0) is 49.1 Å². The monoisotopic (exact) mass is 310 g/mol. The van der Waals surface area contributed by atoms with Gasteiger partial charge in [-0.15, -0.1) is 0 Å². The maximum absolute atomic E-state index is 11.2. The van der Waals surface area contributed by atoms with Crippen LogP contribution in [0.1, 0.15) is 16.8 Å². The molecule has 2 N–H and O–H groups in total. The number of pyridine rings is 1. The lowest BCUT2D eigenvalue weighted by molar-refractivity contribution is 0.186. The number of imidazole rings is 1. The fourth-order valence-electron chi connectivity index (χ4n) is 2.46. The summed E-state index contributed by atoms with van der Waals surface area (Å²) in [6.45, 7) is 2.07. The number of H-pyrrole nitrogens is 1. The normalized spacial score (nSPS) is 10.7. The summed E-state index contributed by atoms with van der Waals surface area (Å²) >= 11 is 0. The van der Waals surface area contributed by atoms with Crippen molar-refractivity contribution in [1.82, 2.24) is 15.0 Å². The highest BCUT2D eigenvalue weighted by molar-refractivity contribution is 5.86. The van der Waals surface area contributed by atoms with Crippen molar-refractivity contribution in [2.75, 3.05) is 12.4 Å². The molecule has 0 atom stereocenters. The molecule has 2 aromatic heterocycles. The molecule has 0 aliphatic carbocycles. The van der Waals surface area contributed by atoms with E-state index in [9.17, 15) is 4.79 Å². The summed E-state index contributed by atoms with van der Waals surface area (Å²) < 4.78 is 4.56. The Balaban J connectivity index is 1.75. The lowest BCUT2D eigenvalue weighted by atomic mass is 10.0. The molecule has 6 heteroatoms. The van der Waals surface area contributed by atoms with Gasteiger partial charge in [-0.2, -0.15) is 0 Å². The minimum absolute atomic E-state index is 0.379. The number of hydrogen-bond donors (Lipinski definition) is 2. The molecule has 0 saturated heterocycles. The lowest BCUT2D eigenvalue weighted by Crippen LogP contribution is -2.11. The Hall–Kier alpha value is -2.89. The highest BCUT2D eigenvalue weighted by atomic mass is 16.5. The van der Waals surface area contributed by atoms with Crippen LogP contribution in [0, 0.1) is 6.92 Å². The van der Waals surface area contributed by atoms with Crippen LogP contribution in [0.15, 0.2) is 36.5 Å². The third-order valence-corrected chi connectivity index (χ3v) is 3.72. The minimum atomic E-state index is -0.546. The minimum Gasteiger partial charge on any atom is -0.453 e. The summed E-state index contributed by atoms with van der Waals surface area (Å²) in [7, 11) is 1.32. The number of rotatable bonds is 4. The van der Waals surface area contributed by atoms with E-state index >= 15 is 0 Å². The summed E-state index contributed by atoms with van der Waals surface area (Å²) in [5.74, 6) is 0.379. The zero-order valence-electron chi connectivity index (χ0n) is 13.1. The molecule has 1 amide bonds. The first-order valence-corrected chi connectivity index (χ1v) is 7.40. The zero-order valence-corrected chi connectivity index (χ0v) is 13.1. The molecule has 2 heterocycles. The van der Waals surface area contributed by atoms with Crippen molar-refractivity contribution in [1.29, 1.82) is 0 Å². The Morgan fingerprint density at radius 2 is 2.17 bits per heavy atom. The smallest absolute Gasteiger partial charge is 0.413 e. The number of anilines is 1. The van der Waals surface area contributed by atoms with Crippen LogP contribution in [0.25, 0.3) is 11.0 Å². The fraction of sp³-hybridized carbons (Fsp3) is 0.235. The average Bonchev–Trinajstić information content (AvgIpc) is 2.95. The molecule has 0 spiro atoms. The average molecular weight is 310 g/mol. The number of carbonyl (C=O) groups excluding carboxylic acids is 1. The number of hydrogen-bond acceptors (Lipinski definition) is 4. The second-order valence-electron chi connectivity index (χ2n) is 5.32. The van der Waals surface area contributed by atoms with Crippen molar-refractivity contribution < 1.29 is 9.53 Å². The Labute approximate surface area is 133 Å². The molecule has 0 fully saturated rings. The van der Waals surface area contributed by atoms with Crippen molar-refractivity contribution in [3.05, 3.63) is 53.3 Å². The summed E-state index contributed by atoms with van der Waals surface area (Å²) in [4.78, 5) is 23.0. The van der Waals surface area contributed by atoms with Crippen LogP contribution >= 0.6 is 0 Å². The second-order valence-corrected chi connectivity index (χ2v) is 5.32. The van der Waals surface area contributed by atoms with Crippen molar-refractivity contribution in [3.63, 3.8) is 0 Å². The maximum Gasteiger partial charge on any atom is 0.413 e. The molecule has 6 nitrogen and oxygen atoms in total. The molecule has 23 heavy (non-hydrogen) atoms. The fourth-order valence-corrected chi connectivity index (χ4v) is 2.46. The Bertz CT molecular complexity index is 841. The molecule has 3 aromatic rings. The summed E-state index contributed by atoms with van der Waals surface area (Å²) in [6.07, 6.45) is 3.06. The number of methoxy groups -OCH3 is 1. The quantitative estimate of drug-likeness (QED) is 0.775. The van der Waals surface area contributed by atoms with Gasteiger partial charge in [0.2, 0.25) is 5.95 Å². The van der Waals surface area contributed by atoms with Gasteiger partial charge < -0.3 is 9.72 Å².